The van der Waals surface area contributed by atoms with Crippen molar-refractivity contribution in [1.82, 2.24) is 0 Å². The lowest BCUT2D eigenvalue weighted by Crippen LogP contribution is -2.14. The highest BCUT2D eigenvalue weighted by atomic mass is 35.5. The topological polar surface area (TPSA) is 20.2 Å². The first kappa shape index (κ1) is 12.7. The van der Waals surface area contributed by atoms with Crippen LogP contribution < -0.4 is 0 Å². The molecule has 0 aliphatic heterocycles. The lowest BCUT2D eigenvalue weighted by molar-refractivity contribution is 0.479. The van der Waals surface area contributed by atoms with Crippen LogP contribution in [0.3, 0.4) is 0 Å². The number of hydrogen-bond donors (Lipinski definition) is 1. The first-order chi connectivity index (χ1) is 10.00. The van der Waals surface area contributed by atoms with Crippen molar-refractivity contribution in [3.05, 3.63) is 64.7 Å². The molecule has 0 unspecified atom stereocenters. The summed E-state index contributed by atoms with van der Waals surface area (Å²) >= 11 is 6.19. The van der Waals surface area contributed by atoms with Crippen LogP contribution >= 0.6 is 11.6 Å². The van der Waals surface area contributed by atoms with E-state index in [4.69, 9.17) is 11.6 Å². The third-order valence-electron chi connectivity index (χ3n) is 4.62. The minimum atomic E-state index is -0.156. The highest BCUT2D eigenvalue weighted by Crippen LogP contribution is 2.53. The van der Waals surface area contributed by atoms with Gasteiger partial charge in [0.05, 0.1) is 0 Å². The largest absolute Gasteiger partial charge is 0.507 e. The van der Waals surface area contributed by atoms with Crippen LogP contribution in [0.1, 0.15) is 25.0 Å². The molecule has 1 nitrogen and oxygen atoms in total. The van der Waals surface area contributed by atoms with E-state index < -0.39 is 0 Å². The Bertz CT molecular complexity index is 893. The monoisotopic (exact) mass is 294 g/mol. The molecule has 0 saturated heterocycles. The standard InChI is InChI=1S/C19H15ClO/c1-19(2)15-9-11(20)7-8-14(15)18-13-6-4-3-5-12(13)17(21)10-16(18)19/h3-10,21H,1-2H3. The van der Waals surface area contributed by atoms with Gasteiger partial charge < -0.3 is 5.11 Å². The Morgan fingerprint density at radius 2 is 1.62 bits per heavy atom. The molecule has 1 aliphatic carbocycles. The van der Waals surface area contributed by atoms with E-state index >= 15 is 0 Å². The van der Waals surface area contributed by atoms with Gasteiger partial charge in [0.25, 0.3) is 0 Å². The lowest BCUT2D eigenvalue weighted by atomic mass is 9.82. The van der Waals surface area contributed by atoms with E-state index in [2.05, 4.69) is 26.0 Å². The Kier molecular flexibility index (Phi) is 2.44. The highest BCUT2D eigenvalue weighted by molar-refractivity contribution is 6.30. The molecule has 2 heteroatoms. The molecule has 0 heterocycles. The Morgan fingerprint density at radius 1 is 0.905 bits per heavy atom. The van der Waals surface area contributed by atoms with E-state index in [1.165, 1.54) is 16.7 Å². The fourth-order valence-electron chi connectivity index (χ4n) is 3.54. The molecule has 0 aromatic heterocycles. The highest BCUT2D eigenvalue weighted by Gasteiger charge is 2.37. The predicted octanol–water partition coefficient (Wildman–Crippen LogP) is 5.51. The maximum absolute atomic E-state index is 10.4. The molecular formula is C19H15ClO. The normalized spacial score (nSPS) is 15.0. The SMILES string of the molecule is CC1(C)c2cc(Cl)ccc2-c2c1cc(O)c1ccccc21. The van der Waals surface area contributed by atoms with Crippen molar-refractivity contribution in [2.45, 2.75) is 19.3 Å². The minimum absolute atomic E-state index is 0.156. The van der Waals surface area contributed by atoms with Crippen LogP contribution in [0.2, 0.25) is 5.02 Å². The average Bonchev–Trinajstić information content (AvgIpc) is 2.68. The Balaban J connectivity index is 2.22. The van der Waals surface area contributed by atoms with Crippen LogP contribution in [0, 0.1) is 0 Å². The van der Waals surface area contributed by atoms with Crippen LogP contribution in [-0.2, 0) is 5.41 Å². The van der Waals surface area contributed by atoms with Gasteiger partial charge in [-0.25, -0.2) is 0 Å². The number of fused-ring (bicyclic) bond motifs is 5. The zero-order valence-corrected chi connectivity index (χ0v) is 12.7. The summed E-state index contributed by atoms with van der Waals surface area (Å²) in [5, 5.41) is 13.1. The molecule has 0 radical (unpaired) electrons. The van der Waals surface area contributed by atoms with Crippen molar-refractivity contribution < 1.29 is 5.11 Å². The molecule has 0 amide bonds. The summed E-state index contributed by atoms with van der Waals surface area (Å²) in [5.74, 6) is 0.344. The molecule has 0 bridgehead atoms. The second kappa shape index (κ2) is 4.02. The Labute approximate surface area is 128 Å². The van der Waals surface area contributed by atoms with Gasteiger partial charge in [0, 0.05) is 15.8 Å². The molecule has 0 saturated carbocycles. The Morgan fingerprint density at radius 3 is 2.38 bits per heavy atom. The number of aromatic hydroxyl groups is 1. The maximum Gasteiger partial charge on any atom is 0.123 e. The van der Waals surface area contributed by atoms with Crippen molar-refractivity contribution in [3.8, 4) is 16.9 Å². The lowest BCUT2D eigenvalue weighted by Gasteiger charge is -2.22. The quantitative estimate of drug-likeness (QED) is 0.580. The van der Waals surface area contributed by atoms with E-state index in [1.807, 2.05) is 36.4 Å². The Hall–Kier alpha value is -1.99. The van der Waals surface area contributed by atoms with E-state index in [1.54, 1.807) is 0 Å². The molecule has 21 heavy (non-hydrogen) atoms. The van der Waals surface area contributed by atoms with E-state index in [0.29, 0.717) is 5.75 Å². The molecule has 0 spiro atoms. The predicted molar refractivity (Wildman–Crippen MR) is 88.2 cm³/mol. The number of phenolic OH excluding ortho intramolecular Hbond substituents is 1. The first-order valence-corrected chi connectivity index (χ1v) is 7.43. The van der Waals surface area contributed by atoms with Gasteiger partial charge in [-0.3, -0.25) is 0 Å². The summed E-state index contributed by atoms with van der Waals surface area (Å²) in [4.78, 5) is 0. The molecular weight excluding hydrogens is 280 g/mol. The number of halogens is 1. The zero-order valence-electron chi connectivity index (χ0n) is 11.9. The van der Waals surface area contributed by atoms with Crippen molar-refractivity contribution in [2.24, 2.45) is 0 Å². The summed E-state index contributed by atoms with van der Waals surface area (Å²) < 4.78 is 0. The molecule has 4 rings (SSSR count). The van der Waals surface area contributed by atoms with Crippen molar-refractivity contribution in [1.29, 1.82) is 0 Å². The third-order valence-corrected chi connectivity index (χ3v) is 4.86. The average molecular weight is 295 g/mol. The molecule has 3 aromatic rings. The zero-order chi connectivity index (χ0) is 14.8. The van der Waals surface area contributed by atoms with Gasteiger partial charge in [0.1, 0.15) is 5.75 Å². The van der Waals surface area contributed by atoms with Crippen LogP contribution in [0.5, 0.6) is 5.75 Å². The van der Waals surface area contributed by atoms with E-state index in [-0.39, 0.29) is 5.41 Å². The van der Waals surface area contributed by atoms with Crippen molar-refractivity contribution in [2.75, 3.05) is 0 Å². The van der Waals surface area contributed by atoms with Gasteiger partial charge in [0.15, 0.2) is 0 Å². The fraction of sp³-hybridized carbons (Fsp3) is 0.158. The number of hydrogen-bond acceptors (Lipinski definition) is 1. The molecule has 1 aliphatic rings. The third kappa shape index (κ3) is 1.58. The molecule has 3 aromatic carbocycles. The van der Waals surface area contributed by atoms with Crippen LogP contribution in [0.4, 0.5) is 0 Å². The second-order valence-electron chi connectivity index (χ2n) is 6.18. The van der Waals surface area contributed by atoms with Gasteiger partial charge in [-0.1, -0.05) is 55.8 Å². The van der Waals surface area contributed by atoms with Gasteiger partial charge in [-0.05, 0) is 45.8 Å². The van der Waals surface area contributed by atoms with Gasteiger partial charge in [0.2, 0.25) is 0 Å². The molecule has 0 fully saturated rings. The summed E-state index contributed by atoms with van der Waals surface area (Å²) in [6.07, 6.45) is 0. The maximum atomic E-state index is 10.4. The number of benzene rings is 3. The summed E-state index contributed by atoms with van der Waals surface area (Å²) in [7, 11) is 0. The first-order valence-electron chi connectivity index (χ1n) is 7.06. The molecule has 0 atom stereocenters. The summed E-state index contributed by atoms with van der Waals surface area (Å²) in [6.45, 7) is 4.37. The smallest absolute Gasteiger partial charge is 0.123 e. The van der Waals surface area contributed by atoms with E-state index in [0.717, 1.165) is 21.4 Å². The van der Waals surface area contributed by atoms with Crippen molar-refractivity contribution in [3.63, 3.8) is 0 Å². The summed E-state index contributed by atoms with van der Waals surface area (Å²) in [6, 6.07) is 16.0. The van der Waals surface area contributed by atoms with Crippen LogP contribution in [-0.4, -0.2) is 5.11 Å². The minimum Gasteiger partial charge on any atom is -0.507 e. The van der Waals surface area contributed by atoms with Crippen molar-refractivity contribution >= 4 is 22.4 Å². The van der Waals surface area contributed by atoms with Crippen LogP contribution in [0.15, 0.2) is 48.5 Å². The summed E-state index contributed by atoms with van der Waals surface area (Å²) in [5.41, 5.74) is 4.67. The van der Waals surface area contributed by atoms with Crippen LogP contribution in [0.25, 0.3) is 21.9 Å². The van der Waals surface area contributed by atoms with Gasteiger partial charge >= 0.3 is 0 Å². The van der Waals surface area contributed by atoms with E-state index in [9.17, 15) is 5.11 Å². The number of rotatable bonds is 0. The van der Waals surface area contributed by atoms with Gasteiger partial charge in [-0.15, -0.1) is 0 Å². The second-order valence-corrected chi connectivity index (χ2v) is 6.62. The number of phenols is 1. The molecule has 1 N–H and O–H groups in total. The molecule has 104 valence electrons. The van der Waals surface area contributed by atoms with Gasteiger partial charge in [-0.2, -0.15) is 0 Å². The fourth-order valence-corrected chi connectivity index (χ4v) is 3.71.